The first-order chi connectivity index (χ1) is 9.28. The summed E-state index contributed by atoms with van der Waals surface area (Å²) in [6.07, 6.45) is 3.79. The van der Waals surface area contributed by atoms with E-state index in [9.17, 15) is 4.79 Å². The van der Waals surface area contributed by atoms with Gasteiger partial charge in [0.1, 0.15) is 0 Å². The number of fused-ring (bicyclic) bond motifs is 1. The minimum absolute atomic E-state index is 0.0145. The molecule has 0 bridgehead atoms. The van der Waals surface area contributed by atoms with Gasteiger partial charge in [0, 0.05) is 12.7 Å². The number of carbonyl (C=O) groups is 1. The molecule has 0 saturated heterocycles. The van der Waals surface area contributed by atoms with Gasteiger partial charge in [-0.1, -0.05) is 60.7 Å². The summed E-state index contributed by atoms with van der Waals surface area (Å²) in [6, 6.07) is 17.2. The van der Waals surface area contributed by atoms with Crippen LogP contribution in [0.25, 0.3) is 6.08 Å². The molecule has 0 heterocycles. The molecule has 19 heavy (non-hydrogen) atoms. The van der Waals surface area contributed by atoms with E-state index in [-0.39, 0.29) is 5.78 Å². The number of ether oxygens (including phenoxy) is 1. The van der Waals surface area contributed by atoms with Gasteiger partial charge in [-0.2, -0.15) is 0 Å². The van der Waals surface area contributed by atoms with Crippen LogP contribution in [-0.4, -0.2) is 12.9 Å². The molecular weight excluding hydrogens is 236 g/mol. The Morgan fingerprint density at radius 2 is 1.63 bits per heavy atom. The number of carbonyl (C=O) groups excluding carboxylic acids is 1. The summed E-state index contributed by atoms with van der Waals surface area (Å²) in [5, 5.41) is 0. The Morgan fingerprint density at radius 1 is 0.947 bits per heavy atom. The molecule has 1 atom stereocenters. The first kappa shape index (κ1) is 11.9. The second-order valence-corrected chi connectivity index (χ2v) is 4.56. The number of hydrogen-bond acceptors (Lipinski definition) is 2. The van der Waals surface area contributed by atoms with Crippen molar-refractivity contribution >= 4 is 11.9 Å². The van der Waals surface area contributed by atoms with E-state index in [4.69, 9.17) is 4.74 Å². The Balaban J connectivity index is 2.19. The molecule has 0 radical (unpaired) electrons. The van der Waals surface area contributed by atoms with E-state index in [1.165, 1.54) is 0 Å². The Morgan fingerprint density at radius 3 is 2.37 bits per heavy atom. The summed E-state index contributed by atoms with van der Waals surface area (Å²) in [6.45, 7) is 0. The van der Waals surface area contributed by atoms with Crippen molar-refractivity contribution in [3.8, 4) is 0 Å². The van der Waals surface area contributed by atoms with E-state index < -0.39 is 5.60 Å². The van der Waals surface area contributed by atoms with Gasteiger partial charge in [-0.15, -0.1) is 0 Å². The lowest BCUT2D eigenvalue weighted by Crippen LogP contribution is -2.38. The van der Waals surface area contributed by atoms with Crippen molar-refractivity contribution in [2.45, 2.75) is 5.60 Å². The second kappa shape index (κ2) is 4.48. The lowest BCUT2D eigenvalue weighted by atomic mass is 9.80. The van der Waals surface area contributed by atoms with Crippen molar-refractivity contribution in [3.05, 3.63) is 77.4 Å². The van der Waals surface area contributed by atoms with Crippen molar-refractivity contribution in [2.24, 2.45) is 0 Å². The first-order valence-corrected chi connectivity index (χ1v) is 6.22. The van der Waals surface area contributed by atoms with Gasteiger partial charge in [-0.25, -0.2) is 0 Å². The van der Waals surface area contributed by atoms with E-state index >= 15 is 0 Å². The Labute approximate surface area is 112 Å². The van der Waals surface area contributed by atoms with Crippen LogP contribution < -0.4 is 0 Å². The van der Waals surface area contributed by atoms with Crippen molar-refractivity contribution < 1.29 is 9.53 Å². The molecule has 0 spiro atoms. The Hall–Kier alpha value is -2.19. The highest BCUT2D eigenvalue weighted by Gasteiger charge is 2.41. The van der Waals surface area contributed by atoms with Crippen LogP contribution in [0.1, 0.15) is 21.5 Å². The summed E-state index contributed by atoms with van der Waals surface area (Å²) in [5.41, 5.74) is 1.50. The standard InChI is InChI=1S/C17H14O2/c1-19-17(14-8-3-2-4-9-14)12-11-13-7-5-6-10-15(13)16(17)18/h2-12H,1H3. The molecule has 3 rings (SSSR count). The first-order valence-electron chi connectivity index (χ1n) is 6.22. The maximum atomic E-state index is 12.8. The lowest BCUT2D eigenvalue weighted by molar-refractivity contribution is 0.0262. The SMILES string of the molecule is COC1(c2ccccc2)C=Cc2ccccc2C1=O. The van der Waals surface area contributed by atoms with Gasteiger partial charge in [0.25, 0.3) is 0 Å². The van der Waals surface area contributed by atoms with Gasteiger partial charge < -0.3 is 4.74 Å². The average Bonchev–Trinajstić information content (AvgIpc) is 2.49. The van der Waals surface area contributed by atoms with Crippen LogP contribution in [0.5, 0.6) is 0 Å². The number of hydrogen-bond donors (Lipinski definition) is 0. The lowest BCUT2D eigenvalue weighted by Gasteiger charge is -2.31. The minimum atomic E-state index is -1.00. The summed E-state index contributed by atoms with van der Waals surface area (Å²) < 4.78 is 5.60. The van der Waals surface area contributed by atoms with Crippen LogP contribution in [0, 0.1) is 0 Å². The molecule has 0 aromatic heterocycles. The summed E-state index contributed by atoms with van der Waals surface area (Å²) in [4.78, 5) is 12.8. The topological polar surface area (TPSA) is 26.3 Å². The normalized spacial score (nSPS) is 21.2. The average molecular weight is 250 g/mol. The fourth-order valence-electron chi connectivity index (χ4n) is 2.52. The molecule has 1 aliphatic rings. The van der Waals surface area contributed by atoms with Crippen LogP contribution in [0.3, 0.4) is 0 Å². The Bertz CT molecular complexity index is 643. The zero-order valence-electron chi connectivity index (χ0n) is 10.7. The van der Waals surface area contributed by atoms with Crippen LogP contribution in [0.4, 0.5) is 0 Å². The van der Waals surface area contributed by atoms with E-state index in [0.29, 0.717) is 5.56 Å². The molecule has 0 saturated carbocycles. The molecule has 2 nitrogen and oxygen atoms in total. The third kappa shape index (κ3) is 1.72. The maximum Gasteiger partial charge on any atom is 0.203 e. The number of Topliss-reactive ketones (excluding diaryl/α,β-unsaturated/α-hetero) is 1. The molecule has 2 aromatic carbocycles. The van der Waals surface area contributed by atoms with Gasteiger partial charge >= 0.3 is 0 Å². The third-order valence-electron chi connectivity index (χ3n) is 3.56. The molecule has 0 amide bonds. The van der Waals surface area contributed by atoms with Crippen LogP contribution in [0.2, 0.25) is 0 Å². The zero-order chi connectivity index (χ0) is 13.3. The highest BCUT2D eigenvalue weighted by molar-refractivity contribution is 6.09. The zero-order valence-corrected chi connectivity index (χ0v) is 10.7. The van der Waals surface area contributed by atoms with E-state index in [1.807, 2.05) is 66.7 Å². The van der Waals surface area contributed by atoms with Crippen molar-refractivity contribution in [2.75, 3.05) is 7.11 Å². The molecule has 2 heteroatoms. The van der Waals surface area contributed by atoms with E-state index in [1.54, 1.807) is 7.11 Å². The Kier molecular flexibility index (Phi) is 2.80. The van der Waals surface area contributed by atoms with E-state index in [0.717, 1.165) is 11.1 Å². The van der Waals surface area contributed by atoms with Crippen molar-refractivity contribution in [1.82, 2.24) is 0 Å². The van der Waals surface area contributed by atoms with Crippen LogP contribution >= 0.6 is 0 Å². The highest BCUT2D eigenvalue weighted by Crippen LogP contribution is 2.36. The van der Waals surface area contributed by atoms with Gasteiger partial charge in [0.2, 0.25) is 5.78 Å². The van der Waals surface area contributed by atoms with Crippen LogP contribution in [-0.2, 0) is 10.3 Å². The molecule has 0 fully saturated rings. The third-order valence-corrected chi connectivity index (χ3v) is 3.56. The summed E-state index contributed by atoms with van der Waals surface area (Å²) >= 11 is 0. The molecule has 94 valence electrons. The van der Waals surface area contributed by atoms with Gasteiger partial charge in [-0.3, -0.25) is 4.79 Å². The van der Waals surface area contributed by atoms with Gasteiger partial charge in [0.15, 0.2) is 5.60 Å². The molecular formula is C17H14O2. The number of rotatable bonds is 2. The smallest absolute Gasteiger partial charge is 0.203 e. The predicted octanol–water partition coefficient (Wildman–Crippen LogP) is 3.44. The minimum Gasteiger partial charge on any atom is -0.361 e. The maximum absolute atomic E-state index is 12.8. The molecule has 2 aromatic rings. The second-order valence-electron chi connectivity index (χ2n) is 4.56. The summed E-state index contributed by atoms with van der Waals surface area (Å²) in [7, 11) is 1.57. The van der Waals surface area contributed by atoms with E-state index in [2.05, 4.69) is 0 Å². The molecule has 0 N–H and O–H groups in total. The highest BCUT2D eigenvalue weighted by atomic mass is 16.5. The van der Waals surface area contributed by atoms with Crippen molar-refractivity contribution in [1.29, 1.82) is 0 Å². The molecule has 1 unspecified atom stereocenters. The number of benzene rings is 2. The fraction of sp³-hybridized carbons (Fsp3) is 0.118. The van der Waals surface area contributed by atoms with Gasteiger partial charge in [0.05, 0.1) is 0 Å². The van der Waals surface area contributed by atoms with Crippen LogP contribution in [0.15, 0.2) is 60.7 Å². The predicted molar refractivity (Wildman–Crippen MR) is 74.9 cm³/mol. The largest absolute Gasteiger partial charge is 0.361 e. The monoisotopic (exact) mass is 250 g/mol. The summed E-state index contributed by atoms with van der Waals surface area (Å²) in [5.74, 6) is -0.0145. The number of methoxy groups -OCH3 is 1. The fourth-order valence-corrected chi connectivity index (χ4v) is 2.52. The quantitative estimate of drug-likeness (QED) is 0.816. The van der Waals surface area contributed by atoms with Gasteiger partial charge in [-0.05, 0) is 17.2 Å². The molecule has 1 aliphatic carbocycles. The van der Waals surface area contributed by atoms with Crippen molar-refractivity contribution in [3.63, 3.8) is 0 Å². The number of ketones is 1. The molecule has 0 aliphatic heterocycles.